The van der Waals surface area contributed by atoms with E-state index in [9.17, 15) is 9.59 Å². The Labute approximate surface area is 129 Å². The molecule has 0 radical (unpaired) electrons. The number of carbonyl (C=O) groups excluding carboxylic acids is 2. The van der Waals surface area contributed by atoms with E-state index in [0.717, 1.165) is 29.8 Å². The van der Waals surface area contributed by atoms with Gasteiger partial charge in [0.15, 0.2) is 0 Å². The lowest BCUT2D eigenvalue weighted by Crippen LogP contribution is -2.48. The van der Waals surface area contributed by atoms with E-state index in [2.05, 4.69) is 10.4 Å². The molecule has 1 spiro atoms. The molecule has 1 aromatic rings. The van der Waals surface area contributed by atoms with Gasteiger partial charge in [-0.2, -0.15) is 5.10 Å². The summed E-state index contributed by atoms with van der Waals surface area (Å²) in [6.45, 7) is 0. The van der Waals surface area contributed by atoms with Crippen LogP contribution in [0.4, 0.5) is 4.79 Å². The summed E-state index contributed by atoms with van der Waals surface area (Å²) in [4.78, 5) is 24.6. The van der Waals surface area contributed by atoms with Crippen LogP contribution >= 0.6 is 0 Å². The normalized spacial score (nSPS) is 20.7. The van der Waals surface area contributed by atoms with Crippen molar-refractivity contribution in [3.8, 4) is 5.75 Å². The van der Waals surface area contributed by atoms with Gasteiger partial charge in [0, 0.05) is 0 Å². The van der Waals surface area contributed by atoms with Crippen LogP contribution in [0.15, 0.2) is 29.4 Å². The van der Waals surface area contributed by atoms with Crippen molar-refractivity contribution in [1.82, 2.24) is 10.3 Å². The second-order valence-corrected chi connectivity index (χ2v) is 5.71. The Morgan fingerprint density at radius 1 is 1.27 bits per heavy atom. The van der Waals surface area contributed by atoms with E-state index < -0.39 is 11.6 Å². The maximum atomic E-state index is 12.5. The van der Waals surface area contributed by atoms with Crippen LogP contribution < -0.4 is 10.1 Å². The van der Waals surface area contributed by atoms with Crippen LogP contribution in [-0.2, 0) is 4.79 Å². The van der Waals surface area contributed by atoms with E-state index in [1.165, 1.54) is 6.21 Å². The third-order valence-corrected chi connectivity index (χ3v) is 4.26. The summed E-state index contributed by atoms with van der Waals surface area (Å²) in [7, 11) is 1.58. The summed E-state index contributed by atoms with van der Waals surface area (Å²) in [6.07, 6.45) is 5.92. The fourth-order valence-electron chi connectivity index (χ4n) is 3.05. The Hall–Kier alpha value is -2.37. The first kappa shape index (κ1) is 14.6. The van der Waals surface area contributed by atoms with Gasteiger partial charge in [-0.25, -0.2) is 4.79 Å². The smallest absolute Gasteiger partial charge is 0.346 e. The lowest BCUT2D eigenvalue weighted by molar-refractivity contribution is -0.132. The number of hydrogen-bond donors (Lipinski definition) is 1. The van der Waals surface area contributed by atoms with E-state index in [1.54, 1.807) is 13.2 Å². The van der Waals surface area contributed by atoms with Crippen molar-refractivity contribution < 1.29 is 14.3 Å². The molecule has 2 fully saturated rings. The second-order valence-electron chi connectivity index (χ2n) is 5.71. The number of benzene rings is 1. The molecule has 0 unspecified atom stereocenters. The number of hydrazone groups is 1. The number of rotatable bonds is 3. The molecule has 1 saturated carbocycles. The van der Waals surface area contributed by atoms with Crippen LogP contribution in [0, 0.1) is 0 Å². The van der Waals surface area contributed by atoms with Crippen LogP contribution in [0.25, 0.3) is 0 Å². The van der Waals surface area contributed by atoms with Crippen LogP contribution in [-0.4, -0.2) is 35.8 Å². The van der Waals surface area contributed by atoms with Crippen molar-refractivity contribution in [2.75, 3.05) is 7.11 Å². The standard InChI is InChI=1S/C16H19N3O3/c1-22-13-7-5-6-12(10-13)11-17-19-14(20)16(18-15(19)21)8-3-2-4-9-16/h5-7,10-11H,2-4,8-9H2,1H3,(H,18,21)/b17-11-. The molecule has 0 bridgehead atoms. The summed E-state index contributed by atoms with van der Waals surface area (Å²) in [5, 5.41) is 7.85. The summed E-state index contributed by atoms with van der Waals surface area (Å²) in [5.74, 6) is 0.459. The highest BCUT2D eigenvalue weighted by atomic mass is 16.5. The molecule has 1 aromatic carbocycles. The largest absolute Gasteiger partial charge is 0.497 e. The van der Waals surface area contributed by atoms with Crippen molar-refractivity contribution in [1.29, 1.82) is 0 Å². The molecule has 3 rings (SSSR count). The fraction of sp³-hybridized carbons (Fsp3) is 0.438. The van der Waals surface area contributed by atoms with Gasteiger partial charge in [0.2, 0.25) is 0 Å². The van der Waals surface area contributed by atoms with E-state index in [0.29, 0.717) is 18.6 Å². The zero-order valence-electron chi connectivity index (χ0n) is 12.5. The highest BCUT2D eigenvalue weighted by Gasteiger charge is 2.51. The molecule has 1 aliphatic heterocycles. The SMILES string of the molecule is COc1cccc(/C=N\N2C(=O)NC3(CCCCC3)C2=O)c1. The van der Waals surface area contributed by atoms with Crippen molar-refractivity contribution in [2.24, 2.45) is 5.10 Å². The lowest BCUT2D eigenvalue weighted by Gasteiger charge is -2.29. The van der Waals surface area contributed by atoms with Gasteiger partial charge in [-0.15, -0.1) is 5.01 Å². The highest BCUT2D eigenvalue weighted by Crippen LogP contribution is 2.33. The third-order valence-electron chi connectivity index (χ3n) is 4.26. The Morgan fingerprint density at radius 2 is 2.05 bits per heavy atom. The predicted octanol–water partition coefficient (Wildman–Crippen LogP) is 2.28. The monoisotopic (exact) mass is 301 g/mol. The minimum absolute atomic E-state index is 0.239. The van der Waals surface area contributed by atoms with Crippen molar-refractivity contribution in [3.63, 3.8) is 0 Å². The summed E-state index contributed by atoms with van der Waals surface area (Å²) >= 11 is 0. The number of methoxy groups -OCH3 is 1. The Balaban J connectivity index is 1.78. The van der Waals surface area contributed by atoms with Gasteiger partial charge in [0.1, 0.15) is 11.3 Å². The van der Waals surface area contributed by atoms with Gasteiger partial charge >= 0.3 is 6.03 Å². The molecular weight excluding hydrogens is 282 g/mol. The van der Waals surface area contributed by atoms with E-state index in [4.69, 9.17) is 4.74 Å². The molecule has 1 aliphatic carbocycles. The number of urea groups is 1. The molecule has 22 heavy (non-hydrogen) atoms. The molecule has 0 atom stereocenters. The first-order chi connectivity index (χ1) is 10.6. The van der Waals surface area contributed by atoms with Gasteiger partial charge in [-0.3, -0.25) is 4.79 Å². The quantitative estimate of drug-likeness (QED) is 0.688. The van der Waals surface area contributed by atoms with Gasteiger partial charge in [0.25, 0.3) is 5.91 Å². The molecule has 6 heteroatoms. The summed E-state index contributed by atoms with van der Waals surface area (Å²) in [6, 6.07) is 6.83. The number of ether oxygens (including phenoxy) is 1. The average molecular weight is 301 g/mol. The number of nitrogens with one attached hydrogen (secondary N) is 1. The molecule has 2 aliphatic rings. The minimum Gasteiger partial charge on any atom is -0.497 e. The maximum absolute atomic E-state index is 12.5. The Morgan fingerprint density at radius 3 is 2.77 bits per heavy atom. The molecule has 1 saturated heterocycles. The third kappa shape index (κ3) is 2.56. The number of amides is 3. The molecule has 116 valence electrons. The predicted molar refractivity (Wildman–Crippen MR) is 81.8 cm³/mol. The average Bonchev–Trinajstić information content (AvgIpc) is 2.77. The zero-order chi connectivity index (χ0) is 15.6. The first-order valence-electron chi connectivity index (χ1n) is 7.49. The fourth-order valence-corrected chi connectivity index (χ4v) is 3.05. The minimum atomic E-state index is -0.735. The maximum Gasteiger partial charge on any atom is 0.346 e. The number of hydrogen-bond acceptors (Lipinski definition) is 4. The highest BCUT2D eigenvalue weighted by molar-refractivity contribution is 6.07. The summed E-state index contributed by atoms with van der Waals surface area (Å²) in [5.41, 5.74) is 0.0330. The molecule has 1 heterocycles. The Bertz CT molecular complexity index is 621. The Kier molecular flexibility index (Phi) is 3.83. The molecule has 3 amide bonds. The molecule has 6 nitrogen and oxygen atoms in total. The van der Waals surface area contributed by atoms with Crippen LogP contribution in [0.2, 0.25) is 0 Å². The van der Waals surface area contributed by atoms with Gasteiger partial charge in [-0.1, -0.05) is 31.4 Å². The van der Waals surface area contributed by atoms with Gasteiger partial charge in [0.05, 0.1) is 13.3 Å². The second kappa shape index (κ2) is 5.79. The molecule has 0 aromatic heterocycles. The van der Waals surface area contributed by atoms with E-state index in [-0.39, 0.29) is 5.91 Å². The molecule has 1 N–H and O–H groups in total. The van der Waals surface area contributed by atoms with Crippen LogP contribution in [0.1, 0.15) is 37.7 Å². The topological polar surface area (TPSA) is 71.0 Å². The first-order valence-corrected chi connectivity index (χ1v) is 7.49. The number of imide groups is 1. The number of carbonyl (C=O) groups is 2. The van der Waals surface area contributed by atoms with Crippen LogP contribution in [0.5, 0.6) is 5.75 Å². The van der Waals surface area contributed by atoms with E-state index >= 15 is 0 Å². The zero-order valence-corrected chi connectivity index (χ0v) is 12.5. The van der Waals surface area contributed by atoms with E-state index in [1.807, 2.05) is 18.2 Å². The molecular formula is C16H19N3O3. The van der Waals surface area contributed by atoms with Crippen molar-refractivity contribution in [3.05, 3.63) is 29.8 Å². The van der Waals surface area contributed by atoms with Crippen molar-refractivity contribution >= 4 is 18.2 Å². The van der Waals surface area contributed by atoms with Crippen molar-refractivity contribution in [2.45, 2.75) is 37.6 Å². The van der Waals surface area contributed by atoms with Gasteiger partial charge < -0.3 is 10.1 Å². The van der Waals surface area contributed by atoms with Gasteiger partial charge in [-0.05, 0) is 30.5 Å². The summed E-state index contributed by atoms with van der Waals surface area (Å²) < 4.78 is 5.14. The van der Waals surface area contributed by atoms with Crippen LogP contribution in [0.3, 0.4) is 0 Å². The lowest BCUT2D eigenvalue weighted by atomic mass is 9.82. The number of nitrogens with zero attached hydrogens (tertiary/aromatic N) is 2.